The minimum atomic E-state index is -1.15. The van der Waals surface area contributed by atoms with Crippen molar-refractivity contribution in [3.63, 3.8) is 0 Å². The summed E-state index contributed by atoms with van der Waals surface area (Å²) in [6.45, 7) is 4.44. The third-order valence-electron chi connectivity index (χ3n) is 3.74. The summed E-state index contributed by atoms with van der Waals surface area (Å²) in [5.41, 5.74) is -0.137. The van der Waals surface area contributed by atoms with Crippen molar-refractivity contribution >= 4 is 28.2 Å². The van der Waals surface area contributed by atoms with Crippen LogP contribution in [-0.4, -0.2) is 28.4 Å². The van der Waals surface area contributed by atoms with E-state index >= 15 is 0 Å². The number of aromatic carboxylic acids is 1. The van der Waals surface area contributed by atoms with Crippen molar-refractivity contribution in [3.05, 3.63) is 10.6 Å². The second kappa shape index (κ2) is 6.35. The first-order valence-electron chi connectivity index (χ1n) is 6.96. The Hall–Kier alpha value is -1.43. The van der Waals surface area contributed by atoms with Crippen LogP contribution in [0.5, 0.6) is 0 Å². The molecule has 0 amide bonds. The van der Waals surface area contributed by atoms with Gasteiger partial charge in [-0.2, -0.15) is 0 Å². The van der Waals surface area contributed by atoms with Gasteiger partial charge in [0, 0.05) is 13.5 Å². The van der Waals surface area contributed by atoms with E-state index < -0.39 is 5.97 Å². The van der Waals surface area contributed by atoms with E-state index in [0.717, 1.165) is 23.8 Å². The van der Waals surface area contributed by atoms with Crippen molar-refractivity contribution in [2.75, 3.05) is 11.9 Å². The third kappa shape index (κ3) is 3.56. The number of Topliss-reactive ketones (excluding diaryl/α,β-unsaturated/α-hetero) is 1. The molecule has 20 heavy (non-hydrogen) atoms. The Labute approximate surface area is 122 Å². The van der Waals surface area contributed by atoms with Crippen molar-refractivity contribution < 1.29 is 14.7 Å². The highest BCUT2D eigenvalue weighted by Gasteiger charge is 2.22. The molecule has 6 heteroatoms. The molecule has 2 unspecified atom stereocenters. The van der Waals surface area contributed by atoms with Gasteiger partial charge in [0.2, 0.25) is 0 Å². The molecule has 2 N–H and O–H groups in total. The second-order valence-corrected chi connectivity index (χ2v) is 6.58. The number of carboxylic acids is 1. The second-order valence-electron chi connectivity index (χ2n) is 5.58. The largest absolute Gasteiger partial charge is 0.476 e. The lowest BCUT2D eigenvalue weighted by atomic mass is 9.82. The monoisotopic (exact) mass is 296 g/mol. The van der Waals surface area contributed by atoms with E-state index in [4.69, 9.17) is 5.11 Å². The molecule has 1 fully saturated rings. The smallest absolute Gasteiger partial charge is 0.356 e. The number of hydrogen-bond acceptors (Lipinski definition) is 5. The van der Waals surface area contributed by atoms with Gasteiger partial charge in [-0.1, -0.05) is 31.1 Å². The number of aromatic nitrogens is 1. The maximum absolute atomic E-state index is 11.4. The molecule has 1 heterocycles. The van der Waals surface area contributed by atoms with Gasteiger partial charge in [0.05, 0.1) is 0 Å². The summed E-state index contributed by atoms with van der Waals surface area (Å²) in [6, 6.07) is 0. The standard InChI is InChI=1S/C14H20N2O3S/c1-8-4-3-5-10(6-8)7-15-14-16-11(13(18)19)12(20-14)9(2)17/h8,10H,3-7H2,1-2H3,(H,15,16)(H,18,19). The predicted molar refractivity (Wildman–Crippen MR) is 78.7 cm³/mol. The molecule has 0 bridgehead atoms. The maximum Gasteiger partial charge on any atom is 0.356 e. The Morgan fingerprint density at radius 3 is 2.75 bits per heavy atom. The molecule has 0 aliphatic heterocycles. The molecular formula is C14H20N2O3S. The SMILES string of the molecule is CC(=O)c1sc(NCC2CCCC(C)C2)nc1C(=O)O. The van der Waals surface area contributed by atoms with Crippen LogP contribution in [0.1, 0.15) is 59.7 Å². The van der Waals surface area contributed by atoms with E-state index in [-0.39, 0.29) is 16.4 Å². The van der Waals surface area contributed by atoms with E-state index in [0.29, 0.717) is 11.0 Å². The molecule has 0 spiro atoms. The quantitative estimate of drug-likeness (QED) is 0.815. The summed E-state index contributed by atoms with van der Waals surface area (Å²) in [7, 11) is 0. The average Bonchev–Trinajstić information content (AvgIpc) is 2.81. The molecule has 0 radical (unpaired) electrons. The lowest BCUT2D eigenvalue weighted by molar-refractivity contribution is 0.0687. The number of thiazole rings is 1. The number of nitrogens with zero attached hydrogens (tertiary/aromatic N) is 1. The Morgan fingerprint density at radius 1 is 1.45 bits per heavy atom. The number of nitrogens with one attached hydrogen (secondary N) is 1. The molecule has 1 aliphatic rings. The van der Waals surface area contributed by atoms with Crippen LogP contribution in [-0.2, 0) is 0 Å². The van der Waals surface area contributed by atoms with Gasteiger partial charge in [0.15, 0.2) is 16.6 Å². The predicted octanol–water partition coefficient (Wildman–Crippen LogP) is 3.28. The van der Waals surface area contributed by atoms with Gasteiger partial charge < -0.3 is 10.4 Å². The first-order chi connectivity index (χ1) is 9.47. The number of anilines is 1. The van der Waals surface area contributed by atoms with Crippen molar-refractivity contribution in [1.82, 2.24) is 4.98 Å². The van der Waals surface area contributed by atoms with Gasteiger partial charge in [-0.25, -0.2) is 9.78 Å². The van der Waals surface area contributed by atoms with Gasteiger partial charge in [0.1, 0.15) is 4.88 Å². The van der Waals surface area contributed by atoms with Gasteiger partial charge >= 0.3 is 5.97 Å². The molecule has 1 aliphatic carbocycles. The summed E-state index contributed by atoms with van der Waals surface area (Å²) < 4.78 is 0. The lowest BCUT2D eigenvalue weighted by Crippen LogP contribution is -2.21. The molecule has 1 aromatic heterocycles. The highest BCUT2D eigenvalue weighted by Crippen LogP contribution is 2.30. The number of rotatable bonds is 5. The summed E-state index contributed by atoms with van der Waals surface area (Å²) in [5, 5.41) is 12.8. The molecule has 110 valence electrons. The summed E-state index contributed by atoms with van der Waals surface area (Å²) in [6.07, 6.45) is 4.95. The van der Waals surface area contributed by atoms with Crippen LogP contribution in [0, 0.1) is 11.8 Å². The fraction of sp³-hybridized carbons (Fsp3) is 0.643. The van der Waals surface area contributed by atoms with Gasteiger partial charge in [-0.15, -0.1) is 0 Å². The lowest BCUT2D eigenvalue weighted by Gasteiger charge is -2.26. The minimum Gasteiger partial charge on any atom is -0.476 e. The van der Waals surface area contributed by atoms with Crippen LogP contribution in [0.3, 0.4) is 0 Å². The average molecular weight is 296 g/mol. The van der Waals surface area contributed by atoms with Gasteiger partial charge in [-0.05, 0) is 24.7 Å². The molecular weight excluding hydrogens is 276 g/mol. The number of ketones is 1. The summed E-state index contributed by atoms with van der Waals surface area (Å²) >= 11 is 1.13. The molecule has 0 aromatic carbocycles. The highest BCUT2D eigenvalue weighted by atomic mass is 32.1. The fourth-order valence-electron chi connectivity index (χ4n) is 2.76. The number of carbonyl (C=O) groups excluding carboxylic acids is 1. The van der Waals surface area contributed by atoms with Gasteiger partial charge in [-0.3, -0.25) is 4.79 Å². The molecule has 5 nitrogen and oxygen atoms in total. The van der Waals surface area contributed by atoms with Crippen LogP contribution in [0.4, 0.5) is 5.13 Å². The van der Waals surface area contributed by atoms with E-state index in [1.807, 2.05) is 0 Å². The molecule has 1 saturated carbocycles. The topological polar surface area (TPSA) is 79.3 Å². The number of carbonyl (C=O) groups is 2. The zero-order valence-electron chi connectivity index (χ0n) is 11.8. The first-order valence-corrected chi connectivity index (χ1v) is 7.78. The zero-order chi connectivity index (χ0) is 14.7. The first kappa shape index (κ1) is 15.0. The fourth-order valence-corrected chi connectivity index (χ4v) is 3.62. The molecule has 2 atom stereocenters. The van der Waals surface area contributed by atoms with Crippen LogP contribution in [0.15, 0.2) is 0 Å². The van der Waals surface area contributed by atoms with E-state index in [1.165, 1.54) is 32.6 Å². The zero-order valence-corrected chi connectivity index (χ0v) is 12.6. The Kier molecular flexibility index (Phi) is 4.75. The summed E-state index contributed by atoms with van der Waals surface area (Å²) in [4.78, 5) is 26.7. The van der Waals surface area contributed by atoms with E-state index in [1.54, 1.807) is 0 Å². The van der Waals surface area contributed by atoms with Crippen LogP contribution in [0.2, 0.25) is 0 Å². The molecule has 0 saturated heterocycles. The van der Waals surface area contributed by atoms with Crippen molar-refractivity contribution in [1.29, 1.82) is 0 Å². The minimum absolute atomic E-state index is 0.137. The van der Waals surface area contributed by atoms with Crippen molar-refractivity contribution in [2.24, 2.45) is 11.8 Å². The Morgan fingerprint density at radius 2 is 2.20 bits per heavy atom. The van der Waals surface area contributed by atoms with Crippen LogP contribution >= 0.6 is 11.3 Å². The van der Waals surface area contributed by atoms with E-state index in [2.05, 4.69) is 17.2 Å². The van der Waals surface area contributed by atoms with Gasteiger partial charge in [0.25, 0.3) is 0 Å². The number of hydrogen-bond donors (Lipinski definition) is 2. The Balaban J connectivity index is 2.01. The molecule has 1 aromatic rings. The van der Waals surface area contributed by atoms with Crippen LogP contribution in [0.25, 0.3) is 0 Å². The van der Waals surface area contributed by atoms with Crippen molar-refractivity contribution in [2.45, 2.75) is 39.5 Å². The maximum atomic E-state index is 11.4. The number of carboxylic acid groups (broad SMARTS) is 1. The van der Waals surface area contributed by atoms with Crippen LogP contribution < -0.4 is 5.32 Å². The van der Waals surface area contributed by atoms with E-state index in [9.17, 15) is 9.59 Å². The Bertz CT molecular complexity index is 481. The third-order valence-corrected chi connectivity index (χ3v) is 4.85. The normalized spacial score (nSPS) is 22.5. The molecule has 2 rings (SSSR count). The summed E-state index contributed by atoms with van der Waals surface area (Å²) in [5.74, 6) is -0.0315. The van der Waals surface area contributed by atoms with Crippen molar-refractivity contribution in [3.8, 4) is 0 Å². The highest BCUT2D eigenvalue weighted by molar-refractivity contribution is 7.17.